The fraction of sp³-hybridized carbons (Fsp3) is 0.389. The molecule has 1 aliphatic carbocycles. The number of hydrogen-bond donors (Lipinski definition) is 2. The van der Waals surface area contributed by atoms with E-state index in [-0.39, 0.29) is 6.04 Å². The highest BCUT2D eigenvalue weighted by molar-refractivity contribution is 5.71. The Hall–Kier alpha value is -2.81. The fourth-order valence-corrected chi connectivity index (χ4v) is 3.55. The SMILES string of the molecule is C=c1[nH]cc/c1=C(/N=CN)c1cnn([C@H](CC#N)C2CCCC2)c1. The first-order valence-corrected chi connectivity index (χ1v) is 8.27. The monoisotopic (exact) mass is 322 g/mol. The van der Waals surface area contributed by atoms with Gasteiger partial charge in [0.2, 0.25) is 0 Å². The number of aromatic amines is 1. The molecule has 1 aliphatic rings. The average molecular weight is 322 g/mol. The van der Waals surface area contributed by atoms with E-state index in [2.05, 4.69) is 27.7 Å². The van der Waals surface area contributed by atoms with E-state index in [0.717, 1.165) is 21.8 Å². The molecule has 0 saturated heterocycles. The lowest BCUT2D eigenvalue weighted by molar-refractivity contribution is 0.314. The van der Waals surface area contributed by atoms with Crippen molar-refractivity contribution >= 4 is 18.6 Å². The lowest BCUT2D eigenvalue weighted by Gasteiger charge is -2.21. The normalized spacial score (nSPS) is 18.0. The zero-order valence-corrected chi connectivity index (χ0v) is 13.7. The first-order valence-electron chi connectivity index (χ1n) is 8.27. The van der Waals surface area contributed by atoms with Crippen LogP contribution in [0.15, 0.2) is 29.6 Å². The van der Waals surface area contributed by atoms with Crippen LogP contribution in [0.1, 0.15) is 43.7 Å². The summed E-state index contributed by atoms with van der Waals surface area (Å²) in [5.41, 5.74) is 7.13. The lowest BCUT2D eigenvalue weighted by atomic mass is 9.96. The molecule has 0 amide bonds. The van der Waals surface area contributed by atoms with E-state index in [4.69, 9.17) is 5.73 Å². The van der Waals surface area contributed by atoms with Crippen molar-refractivity contribution in [3.8, 4) is 6.07 Å². The van der Waals surface area contributed by atoms with Crippen LogP contribution in [0.5, 0.6) is 0 Å². The van der Waals surface area contributed by atoms with Crippen LogP contribution in [-0.2, 0) is 0 Å². The van der Waals surface area contributed by atoms with Gasteiger partial charge in [-0.2, -0.15) is 10.4 Å². The Balaban J connectivity index is 2.01. The van der Waals surface area contributed by atoms with Crippen LogP contribution >= 0.6 is 0 Å². The van der Waals surface area contributed by atoms with Crippen molar-refractivity contribution < 1.29 is 0 Å². The van der Waals surface area contributed by atoms with Gasteiger partial charge in [-0.25, -0.2) is 4.99 Å². The topological polar surface area (TPSA) is 95.8 Å². The van der Waals surface area contributed by atoms with Gasteiger partial charge in [0.15, 0.2) is 0 Å². The van der Waals surface area contributed by atoms with Crippen LogP contribution in [0.25, 0.3) is 12.3 Å². The Labute approximate surface area is 141 Å². The Bertz CT molecular complexity index is 860. The predicted molar refractivity (Wildman–Crippen MR) is 94.2 cm³/mol. The molecule has 6 heteroatoms. The van der Waals surface area contributed by atoms with Gasteiger partial charge in [-0.15, -0.1) is 0 Å². The first-order chi connectivity index (χ1) is 11.7. The van der Waals surface area contributed by atoms with Gasteiger partial charge in [0.1, 0.15) is 0 Å². The molecule has 2 aromatic heterocycles. The van der Waals surface area contributed by atoms with Crippen LogP contribution in [0.3, 0.4) is 0 Å². The van der Waals surface area contributed by atoms with Crippen LogP contribution < -0.4 is 16.3 Å². The molecular formula is C18H22N6. The molecule has 3 N–H and O–H groups in total. The quantitative estimate of drug-likeness (QED) is 0.643. The largest absolute Gasteiger partial charge is 0.390 e. The maximum atomic E-state index is 9.20. The Morgan fingerprint density at radius 1 is 1.58 bits per heavy atom. The van der Waals surface area contributed by atoms with Gasteiger partial charge in [0, 0.05) is 28.5 Å². The van der Waals surface area contributed by atoms with E-state index in [1.165, 1.54) is 32.0 Å². The maximum Gasteiger partial charge on any atom is 0.0860 e. The number of nitrogens with zero attached hydrogens (tertiary/aromatic N) is 4. The van der Waals surface area contributed by atoms with Gasteiger partial charge in [-0.05, 0) is 24.8 Å². The van der Waals surface area contributed by atoms with Gasteiger partial charge < -0.3 is 10.7 Å². The fourth-order valence-electron chi connectivity index (χ4n) is 3.55. The molecule has 2 aromatic rings. The number of nitriles is 1. The summed E-state index contributed by atoms with van der Waals surface area (Å²) in [7, 11) is 0. The zero-order chi connectivity index (χ0) is 16.9. The first kappa shape index (κ1) is 16.1. The number of H-pyrrole nitrogens is 1. The minimum Gasteiger partial charge on any atom is -0.390 e. The Morgan fingerprint density at radius 3 is 3.00 bits per heavy atom. The Kier molecular flexibility index (Phi) is 4.80. The van der Waals surface area contributed by atoms with Gasteiger partial charge in [0.25, 0.3) is 0 Å². The average Bonchev–Trinajstić information content (AvgIpc) is 3.32. The molecule has 3 rings (SSSR count). The van der Waals surface area contributed by atoms with Gasteiger partial charge in [-0.1, -0.05) is 19.4 Å². The predicted octanol–water partition coefficient (Wildman–Crippen LogP) is 1.41. The highest BCUT2D eigenvalue weighted by atomic mass is 15.3. The number of nitrogens with one attached hydrogen (secondary N) is 1. The summed E-state index contributed by atoms with van der Waals surface area (Å²) in [6, 6.07) is 4.36. The van der Waals surface area contributed by atoms with Crippen LogP contribution in [0, 0.1) is 17.2 Å². The number of nitrogens with two attached hydrogens (primary N) is 1. The second-order valence-corrected chi connectivity index (χ2v) is 6.18. The number of hydrogen-bond acceptors (Lipinski definition) is 3. The van der Waals surface area contributed by atoms with Crippen LogP contribution in [0.4, 0.5) is 0 Å². The third-order valence-electron chi connectivity index (χ3n) is 4.75. The maximum absolute atomic E-state index is 9.20. The number of rotatable bonds is 5. The molecule has 0 spiro atoms. The van der Waals surface area contributed by atoms with Crippen molar-refractivity contribution in [3.63, 3.8) is 0 Å². The molecule has 24 heavy (non-hydrogen) atoms. The summed E-state index contributed by atoms with van der Waals surface area (Å²) in [5.74, 6) is 0.523. The van der Waals surface area contributed by atoms with Crippen LogP contribution in [-0.4, -0.2) is 21.1 Å². The summed E-state index contributed by atoms with van der Waals surface area (Å²) in [6.45, 7) is 3.98. The molecule has 0 aromatic carbocycles. The number of aliphatic imine (C=N–C) groups is 1. The van der Waals surface area contributed by atoms with Crippen molar-refractivity contribution in [2.24, 2.45) is 16.6 Å². The van der Waals surface area contributed by atoms with E-state index in [9.17, 15) is 5.26 Å². The smallest absolute Gasteiger partial charge is 0.0860 e. The second kappa shape index (κ2) is 7.18. The van der Waals surface area contributed by atoms with E-state index in [0.29, 0.717) is 12.3 Å². The van der Waals surface area contributed by atoms with E-state index >= 15 is 0 Å². The minimum atomic E-state index is 0.125. The number of aromatic nitrogens is 3. The van der Waals surface area contributed by atoms with Crippen molar-refractivity contribution in [2.45, 2.75) is 38.1 Å². The van der Waals surface area contributed by atoms with Gasteiger partial charge in [0.05, 0.1) is 36.8 Å². The minimum absolute atomic E-state index is 0.125. The molecule has 2 heterocycles. The summed E-state index contributed by atoms with van der Waals surface area (Å²) < 4.78 is 1.93. The summed E-state index contributed by atoms with van der Waals surface area (Å²) in [6.07, 6.45) is 12.1. The van der Waals surface area contributed by atoms with Gasteiger partial charge in [-0.3, -0.25) is 4.68 Å². The van der Waals surface area contributed by atoms with Crippen molar-refractivity contribution in [1.29, 1.82) is 5.26 Å². The molecule has 6 nitrogen and oxygen atoms in total. The molecule has 0 bridgehead atoms. The highest BCUT2D eigenvalue weighted by Gasteiger charge is 2.27. The molecule has 0 unspecified atom stereocenters. The molecule has 1 saturated carbocycles. The van der Waals surface area contributed by atoms with E-state index in [1.54, 1.807) is 6.20 Å². The summed E-state index contributed by atoms with van der Waals surface area (Å²) in [4.78, 5) is 7.36. The standard InChI is InChI=1S/C18H22N6/c1-13-16(7-9-21-13)18(22-12-20)15-10-23-24(11-15)17(6-8-19)14-4-2-3-5-14/h7,9-12,14,17,21H,1-6H2,(H2,20,22)/b18-16-/t17-/m1/s1. The van der Waals surface area contributed by atoms with E-state index < -0.39 is 0 Å². The van der Waals surface area contributed by atoms with Crippen LogP contribution in [0.2, 0.25) is 0 Å². The molecule has 124 valence electrons. The van der Waals surface area contributed by atoms with Crippen molar-refractivity contribution in [1.82, 2.24) is 14.8 Å². The third-order valence-corrected chi connectivity index (χ3v) is 4.75. The van der Waals surface area contributed by atoms with Crippen molar-refractivity contribution in [2.75, 3.05) is 0 Å². The summed E-state index contributed by atoms with van der Waals surface area (Å²) >= 11 is 0. The third kappa shape index (κ3) is 3.11. The van der Waals surface area contributed by atoms with Crippen molar-refractivity contribution in [3.05, 3.63) is 40.8 Å². The Morgan fingerprint density at radius 2 is 2.38 bits per heavy atom. The van der Waals surface area contributed by atoms with Gasteiger partial charge >= 0.3 is 0 Å². The summed E-state index contributed by atoms with van der Waals surface area (Å²) in [5, 5.41) is 15.4. The molecule has 1 atom stereocenters. The molecule has 0 aliphatic heterocycles. The van der Waals surface area contributed by atoms with E-state index in [1.807, 2.05) is 23.1 Å². The lowest BCUT2D eigenvalue weighted by Crippen LogP contribution is -2.23. The second-order valence-electron chi connectivity index (χ2n) is 6.18. The molecule has 0 radical (unpaired) electrons. The molecular weight excluding hydrogens is 300 g/mol. The zero-order valence-electron chi connectivity index (χ0n) is 13.7. The molecule has 1 fully saturated rings. The highest BCUT2D eigenvalue weighted by Crippen LogP contribution is 2.36.